The number of hydrogen-bond donors (Lipinski definition) is 0. The van der Waals surface area contributed by atoms with Gasteiger partial charge < -0.3 is 4.74 Å². The molecule has 1 amide bonds. The fourth-order valence-electron chi connectivity index (χ4n) is 2.43. The molecule has 0 N–H and O–H groups in total. The smallest absolute Gasteiger partial charge is 0.270 e. The van der Waals surface area contributed by atoms with Crippen molar-refractivity contribution in [1.82, 2.24) is 0 Å². The van der Waals surface area contributed by atoms with Crippen LogP contribution in [-0.2, 0) is 4.79 Å². The van der Waals surface area contributed by atoms with Crippen molar-refractivity contribution in [2.24, 2.45) is 0 Å². The van der Waals surface area contributed by atoms with Gasteiger partial charge in [0.05, 0.1) is 22.2 Å². The van der Waals surface area contributed by atoms with Crippen LogP contribution in [0.1, 0.15) is 11.1 Å². The van der Waals surface area contributed by atoms with Crippen LogP contribution in [0, 0.1) is 6.92 Å². The lowest BCUT2D eigenvalue weighted by atomic mass is 10.1. The van der Waals surface area contributed by atoms with E-state index in [4.69, 9.17) is 17.0 Å². The third-order valence-electron chi connectivity index (χ3n) is 3.61. The summed E-state index contributed by atoms with van der Waals surface area (Å²) in [6, 6.07) is 11.5. The van der Waals surface area contributed by atoms with Crippen LogP contribution in [-0.4, -0.2) is 17.3 Å². The van der Waals surface area contributed by atoms with Gasteiger partial charge in [-0.3, -0.25) is 9.69 Å². The highest BCUT2D eigenvalue weighted by molar-refractivity contribution is 9.11. The molecule has 0 unspecified atom stereocenters. The number of anilines is 1. The van der Waals surface area contributed by atoms with Crippen LogP contribution in [0.25, 0.3) is 6.08 Å². The maximum absolute atomic E-state index is 12.9. The lowest BCUT2D eigenvalue weighted by Gasteiger charge is -2.14. The number of hydrogen-bond acceptors (Lipinski definition) is 4. The summed E-state index contributed by atoms with van der Waals surface area (Å²) in [4.78, 5) is 15.0. The molecule has 3 nitrogen and oxygen atoms in total. The number of amides is 1. The van der Waals surface area contributed by atoms with Crippen molar-refractivity contribution in [2.75, 3.05) is 12.0 Å². The second-order valence-electron chi connectivity index (χ2n) is 5.36. The minimum Gasteiger partial charge on any atom is -0.495 e. The number of methoxy groups -OCH3 is 1. The summed E-state index contributed by atoms with van der Waals surface area (Å²) in [5, 5.41) is 0. The van der Waals surface area contributed by atoms with E-state index < -0.39 is 0 Å². The summed E-state index contributed by atoms with van der Waals surface area (Å²) < 4.78 is 7.67. The van der Waals surface area contributed by atoms with E-state index in [0.29, 0.717) is 15.0 Å². The summed E-state index contributed by atoms with van der Waals surface area (Å²) in [7, 11) is 1.60. The molecule has 1 fully saturated rings. The summed E-state index contributed by atoms with van der Waals surface area (Å²) in [6.45, 7) is 2.01. The number of ether oxygens (including phenoxy) is 1. The van der Waals surface area contributed by atoms with Crippen LogP contribution >= 0.6 is 55.8 Å². The minimum atomic E-state index is -0.128. The Morgan fingerprint density at radius 2 is 1.88 bits per heavy atom. The fourth-order valence-corrected chi connectivity index (χ4v) is 5.14. The van der Waals surface area contributed by atoms with Gasteiger partial charge in [-0.15, -0.1) is 0 Å². The number of rotatable bonds is 3. The average Bonchev–Trinajstić information content (AvgIpc) is 2.82. The lowest BCUT2D eigenvalue weighted by molar-refractivity contribution is -0.113. The maximum Gasteiger partial charge on any atom is 0.270 e. The van der Waals surface area contributed by atoms with E-state index in [1.54, 1.807) is 12.0 Å². The Kier molecular flexibility index (Phi) is 5.68. The van der Waals surface area contributed by atoms with Crippen LogP contribution in [0.4, 0.5) is 5.69 Å². The molecule has 1 aliphatic rings. The molecule has 0 saturated carbocycles. The quantitative estimate of drug-likeness (QED) is 0.387. The van der Waals surface area contributed by atoms with Crippen LogP contribution in [0.15, 0.2) is 50.2 Å². The Labute approximate surface area is 172 Å². The molecule has 7 heteroatoms. The van der Waals surface area contributed by atoms with Gasteiger partial charge in [-0.25, -0.2) is 0 Å². The Balaban J connectivity index is 2.00. The fraction of sp³-hybridized carbons (Fsp3) is 0.111. The third-order valence-corrected chi connectivity index (χ3v) is 5.96. The van der Waals surface area contributed by atoms with Gasteiger partial charge in [-0.1, -0.05) is 57.6 Å². The molecule has 0 atom stereocenters. The first-order valence-corrected chi connectivity index (χ1v) is 10.1. The molecule has 2 aromatic carbocycles. The van der Waals surface area contributed by atoms with Gasteiger partial charge in [-0.05, 0) is 53.2 Å². The molecule has 25 heavy (non-hydrogen) atoms. The molecule has 1 saturated heterocycles. The first-order valence-electron chi connectivity index (χ1n) is 7.28. The highest BCUT2D eigenvalue weighted by Crippen LogP contribution is 2.39. The van der Waals surface area contributed by atoms with Crippen LogP contribution in [0.2, 0.25) is 0 Å². The zero-order valence-corrected chi connectivity index (χ0v) is 18.2. The van der Waals surface area contributed by atoms with Crippen molar-refractivity contribution in [3.05, 3.63) is 61.4 Å². The van der Waals surface area contributed by atoms with Crippen molar-refractivity contribution in [3.63, 3.8) is 0 Å². The molecule has 0 bridgehead atoms. The largest absolute Gasteiger partial charge is 0.495 e. The Morgan fingerprint density at radius 3 is 2.52 bits per heavy atom. The number of carbonyl (C=O) groups excluding carboxylic acids is 1. The van der Waals surface area contributed by atoms with E-state index in [1.165, 1.54) is 11.8 Å². The summed E-state index contributed by atoms with van der Waals surface area (Å²) in [5.74, 6) is 0.542. The first kappa shape index (κ1) is 18.6. The molecule has 0 spiro atoms. The van der Waals surface area contributed by atoms with Crippen LogP contribution in [0.3, 0.4) is 0 Å². The minimum absolute atomic E-state index is 0.128. The standard InChI is InChI=1S/C18H13Br2NO2S2/c1-10-3-5-13(6-4-10)21-17(22)15(25-18(21)24)8-11-7-12(19)9-14(20)16(11)23-2/h3-9H,1-2H3/b15-8-. The van der Waals surface area contributed by atoms with Crippen molar-refractivity contribution < 1.29 is 9.53 Å². The molecule has 1 aliphatic heterocycles. The number of halogens is 2. The molecule has 0 radical (unpaired) electrons. The monoisotopic (exact) mass is 497 g/mol. The van der Waals surface area contributed by atoms with Crippen molar-refractivity contribution in [3.8, 4) is 5.75 Å². The van der Waals surface area contributed by atoms with E-state index in [9.17, 15) is 4.79 Å². The van der Waals surface area contributed by atoms with Gasteiger partial charge in [-0.2, -0.15) is 0 Å². The Morgan fingerprint density at radius 1 is 1.20 bits per heavy atom. The predicted molar refractivity (Wildman–Crippen MR) is 115 cm³/mol. The molecule has 0 aliphatic carbocycles. The average molecular weight is 499 g/mol. The molecule has 2 aromatic rings. The molecular weight excluding hydrogens is 486 g/mol. The van der Waals surface area contributed by atoms with Gasteiger partial charge in [0, 0.05) is 10.0 Å². The first-order chi connectivity index (χ1) is 11.9. The van der Waals surface area contributed by atoms with Gasteiger partial charge in [0.2, 0.25) is 0 Å². The number of thioether (sulfide) groups is 1. The normalized spacial score (nSPS) is 16.0. The number of thiocarbonyl (C=S) groups is 1. The zero-order valence-electron chi connectivity index (χ0n) is 13.4. The molecule has 3 rings (SSSR count). The molecule has 1 heterocycles. The molecule has 0 aromatic heterocycles. The number of carbonyl (C=O) groups is 1. The van der Waals surface area contributed by atoms with E-state index in [0.717, 1.165) is 25.8 Å². The van der Waals surface area contributed by atoms with Gasteiger partial charge in [0.25, 0.3) is 5.91 Å². The second kappa shape index (κ2) is 7.61. The predicted octanol–water partition coefficient (Wildman–Crippen LogP) is 5.93. The van der Waals surface area contributed by atoms with Gasteiger partial charge in [0.15, 0.2) is 4.32 Å². The number of benzene rings is 2. The number of nitrogens with zero attached hydrogens (tertiary/aromatic N) is 1. The van der Waals surface area contributed by atoms with E-state index in [1.807, 2.05) is 49.4 Å². The Hall–Kier alpha value is -1.15. The molecular formula is C18H13Br2NO2S2. The van der Waals surface area contributed by atoms with E-state index in [-0.39, 0.29) is 5.91 Å². The SMILES string of the molecule is COc1c(Br)cc(Br)cc1/C=C1\SC(=S)N(c2ccc(C)cc2)C1=O. The zero-order chi connectivity index (χ0) is 18.1. The highest BCUT2D eigenvalue weighted by Gasteiger charge is 2.33. The van der Waals surface area contributed by atoms with Crippen molar-refractivity contribution >= 4 is 77.8 Å². The Bertz CT molecular complexity index is 895. The summed E-state index contributed by atoms with van der Waals surface area (Å²) >= 11 is 13.6. The van der Waals surface area contributed by atoms with Crippen LogP contribution < -0.4 is 9.64 Å². The van der Waals surface area contributed by atoms with Crippen LogP contribution in [0.5, 0.6) is 5.75 Å². The second-order valence-corrected chi connectivity index (χ2v) is 8.81. The maximum atomic E-state index is 12.9. The van der Waals surface area contributed by atoms with Gasteiger partial charge in [0.1, 0.15) is 5.75 Å². The van der Waals surface area contributed by atoms with E-state index in [2.05, 4.69) is 31.9 Å². The lowest BCUT2D eigenvalue weighted by Crippen LogP contribution is -2.27. The summed E-state index contributed by atoms with van der Waals surface area (Å²) in [5.41, 5.74) is 2.71. The third kappa shape index (κ3) is 3.84. The van der Waals surface area contributed by atoms with Crippen molar-refractivity contribution in [2.45, 2.75) is 6.92 Å². The number of aryl methyl sites for hydroxylation is 1. The topological polar surface area (TPSA) is 29.5 Å². The van der Waals surface area contributed by atoms with E-state index >= 15 is 0 Å². The van der Waals surface area contributed by atoms with Crippen molar-refractivity contribution in [1.29, 1.82) is 0 Å². The summed E-state index contributed by atoms with van der Waals surface area (Å²) in [6.07, 6.45) is 1.81. The highest BCUT2D eigenvalue weighted by atomic mass is 79.9. The molecule has 128 valence electrons. The van der Waals surface area contributed by atoms with Gasteiger partial charge >= 0.3 is 0 Å².